The zero-order valence-corrected chi connectivity index (χ0v) is 11.2. The van der Waals surface area contributed by atoms with Crippen molar-refractivity contribution >= 4 is 22.4 Å². The molecule has 17 heavy (non-hydrogen) atoms. The van der Waals surface area contributed by atoms with Gasteiger partial charge in [-0.2, -0.15) is 0 Å². The smallest absolute Gasteiger partial charge is 0.273 e. The van der Waals surface area contributed by atoms with Crippen LogP contribution in [0.3, 0.4) is 0 Å². The summed E-state index contributed by atoms with van der Waals surface area (Å²) in [6.45, 7) is 6.19. The molecule has 1 amide bonds. The van der Waals surface area contributed by atoms with Crippen molar-refractivity contribution in [1.29, 1.82) is 0 Å². The molecule has 1 aliphatic heterocycles. The lowest BCUT2D eigenvalue weighted by atomic mass is 9.85. The number of likely N-dealkylation sites (tertiary alicyclic amines) is 1. The summed E-state index contributed by atoms with van der Waals surface area (Å²) in [4.78, 5) is 18.2. The average molecular weight is 253 g/mol. The minimum atomic E-state index is 0.0238. The maximum atomic E-state index is 12.2. The molecule has 0 unspecified atom stereocenters. The van der Waals surface area contributed by atoms with Crippen LogP contribution in [-0.2, 0) is 0 Å². The van der Waals surface area contributed by atoms with Crippen molar-refractivity contribution in [1.82, 2.24) is 9.88 Å². The summed E-state index contributed by atoms with van der Waals surface area (Å²) in [5, 5.41) is 2.21. The Morgan fingerprint density at radius 1 is 1.47 bits per heavy atom. The van der Waals surface area contributed by atoms with Crippen molar-refractivity contribution < 1.29 is 4.79 Å². The summed E-state index contributed by atoms with van der Waals surface area (Å²) in [7, 11) is 0. The van der Waals surface area contributed by atoms with Crippen LogP contribution in [-0.4, -0.2) is 28.9 Å². The fraction of sp³-hybridized carbons (Fsp3) is 0.667. The first kappa shape index (κ1) is 12.4. The van der Waals surface area contributed by atoms with Gasteiger partial charge in [-0.15, -0.1) is 11.3 Å². The van der Waals surface area contributed by atoms with Crippen molar-refractivity contribution in [2.75, 3.05) is 18.8 Å². The summed E-state index contributed by atoms with van der Waals surface area (Å²) < 4.78 is 0. The zero-order chi connectivity index (χ0) is 12.5. The van der Waals surface area contributed by atoms with Crippen LogP contribution in [0.1, 0.15) is 43.6 Å². The fourth-order valence-corrected chi connectivity index (χ4v) is 2.71. The Morgan fingerprint density at radius 3 is 2.88 bits per heavy atom. The number of hydrogen-bond donors (Lipinski definition) is 1. The highest BCUT2D eigenvalue weighted by Gasteiger charge is 2.26. The highest BCUT2D eigenvalue weighted by atomic mass is 32.1. The van der Waals surface area contributed by atoms with E-state index >= 15 is 0 Å². The van der Waals surface area contributed by atoms with E-state index in [1.54, 1.807) is 5.38 Å². The van der Waals surface area contributed by atoms with E-state index < -0.39 is 0 Å². The van der Waals surface area contributed by atoms with Crippen molar-refractivity contribution in [3.8, 4) is 0 Å². The molecule has 0 aromatic carbocycles. The molecule has 1 saturated heterocycles. The van der Waals surface area contributed by atoms with Gasteiger partial charge < -0.3 is 10.6 Å². The molecule has 1 fully saturated rings. The number of thiazole rings is 1. The van der Waals surface area contributed by atoms with Crippen LogP contribution < -0.4 is 5.73 Å². The Hall–Kier alpha value is -1.10. The SMILES string of the molecule is CC1(C)CCCN(C(=O)c2csc(N)n2)CC1. The van der Waals surface area contributed by atoms with Gasteiger partial charge in [0.05, 0.1) is 0 Å². The number of carbonyl (C=O) groups is 1. The first-order valence-electron chi connectivity index (χ1n) is 5.98. The minimum Gasteiger partial charge on any atom is -0.375 e. The van der Waals surface area contributed by atoms with E-state index in [0.29, 0.717) is 16.2 Å². The van der Waals surface area contributed by atoms with Crippen LogP contribution in [0.4, 0.5) is 5.13 Å². The van der Waals surface area contributed by atoms with E-state index in [1.807, 2.05) is 4.90 Å². The van der Waals surface area contributed by atoms with Crippen LogP contribution in [0.5, 0.6) is 0 Å². The number of carbonyl (C=O) groups excluding carboxylic acids is 1. The number of nitrogens with zero attached hydrogens (tertiary/aromatic N) is 2. The number of aromatic nitrogens is 1. The normalized spacial score (nSPS) is 20.0. The molecule has 0 bridgehead atoms. The Morgan fingerprint density at radius 2 is 2.24 bits per heavy atom. The Balaban J connectivity index is 2.05. The van der Waals surface area contributed by atoms with Crippen LogP contribution in [0.2, 0.25) is 0 Å². The van der Waals surface area contributed by atoms with E-state index in [4.69, 9.17) is 5.73 Å². The maximum Gasteiger partial charge on any atom is 0.273 e. The van der Waals surface area contributed by atoms with Gasteiger partial charge in [0, 0.05) is 18.5 Å². The van der Waals surface area contributed by atoms with Gasteiger partial charge in [0.2, 0.25) is 0 Å². The molecular weight excluding hydrogens is 234 g/mol. The van der Waals surface area contributed by atoms with Crippen LogP contribution in [0.15, 0.2) is 5.38 Å². The average Bonchev–Trinajstić information content (AvgIpc) is 2.60. The number of nitrogens with two attached hydrogens (primary N) is 1. The topological polar surface area (TPSA) is 59.2 Å². The largest absolute Gasteiger partial charge is 0.375 e. The third-order valence-electron chi connectivity index (χ3n) is 3.37. The molecule has 2 N–H and O–H groups in total. The minimum absolute atomic E-state index is 0.0238. The number of hydrogen-bond acceptors (Lipinski definition) is 4. The number of amides is 1. The molecule has 94 valence electrons. The van der Waals surface area contributed by atoms with Crippen LogP contribution >= 0.6 is 11.3 Å². The molecule has 2 rings (SSSR count). The first-order chi connectivity index (χ1) is 7.98. The summed E-state index contributed by atoms with van der Waals surface area (Å²) in [5.41, 5.74) is 6.39. The lowest BCUT2D eigenvalue weighted by Crippen LogP contribution is -2.32. The van der Waals surface area contributed by atoms with Gasteiger partial charge >= 0.3 is 0 Å². The molecule has 0 saturated carbocycles. The maximum absolute atomic E-state index is 12.2. The number of nitrogen functional groups attached to an aromatic ring is 1. The lowest BCUT2D eigenvalue weighted by Gasteiger charge is -2.22. The van der Waals surface area contributed by atoms with Gasteiger partial charge in [-0.1, -0.05) is 13.8 Å². The number of anilines is 1. The third-order valence-corrected chi connectivity index (χ3v) is 4.04. The molecule has 0 radical (unpaired) electrons. The molecule has 1 aromatic rings. The molecule has 2 heterocycles. The predicted molar refractivity (Wildman–Crippen MR) is 70.1 cm³/mol. The fourth-order valence-electron chi connectivity index (χ4n) is 2.17. The molecular formula is C12H19N3OS. The van der Waals surface area contributed by atoms with E-state index in [0.717, 1.165) is 25.9 Å². The first-order valence-corrected chi connectivity index (χ1v) is 6.86. The van der Waals surface area contributed by atoms with Gasteiger partial charge in [-0.25, -0.2) is 4.98 Å². The molecule has 4 nitrogen and oxygen atoms in total. The highest BCUT2D eigenvalue weighted by molar-refractivity contribution is 7.13. The summed E-state index contributed by atoms with van der Waals surface area (Å²) in [6.07, 6.45) is 3.30. The van der Waals surface area contributed by atoms with E-state index in [9.17, 15) is 4.79 Å². The lowest BCUT2D eigenvalue weighted by molar-refractivity contribution is 0.0752. The summed E-state index contributed by atoms with van der Waals surface area (Å²) in [5.74, 6) is 0.0238. The Labute approximate surface area is 106 Å². The van der Waals surface area contributed by atoms with Gasteiger partial charge in [0.15, 0.2) is 5.13 Å². The molecule has 1 aliphatic rings. The van der Waals surface area contributed by atoms with E-state index in [2.05, 4.69) is 18.8 Å². The third kappa shape index (κ3) is 2.97. The Bertz CT molecular complexity index is 414. The second kappa shape index (κ2) is 4.64. The molecule has 0 aliphatic carbocycles. The van der Waals surface area contributed by atoms with Gasteiger partial charge in [-0.05, 0) is 24.7 Å². The summed E-state index contributed by atoms with van der Waals surface area (Å²) >= 11 is 1.32. The second-order valence-corrected chi connectivity index (χ2v) is 6.27. The zero-order valence-electron chi connectivity index (χ0n) is 10.4. The van der Waals surface area contributed by atoms with Crippen molar-refractivity contribution in [3.05, 3.63) is 11.1 Å². The number of rotatable bonds is 1. The molecule has 0 spiro atoms. The monoisotopic (exact) mass is 253 g/mol. The molecule has 5 heteroatoms. The van der Waals surface area contributed by atoms with Gasteiger partial charge in [-0.3, -0.25) is 4.79 Å². The van der Waals surface area contributed by atoms with Crippen LogP contribution in [0.25, 0.3) is 0 Å². The standard InChI is InChI=1S/C12H19N3OS/c1-12(2)4-3-6-15(7-5-12)10(16)9-8-17-11(13)14-9/h8H,3-7H2,1-2H3,(H2,13,14). The van der Waals surface area contributed by atoms with E-state index in [1.165, 1.54) is 17.8 Å². The van der Waals surface area contributed by atoms with Crippen molar-refractivity contribution in [3.63, 3.8) is 0 Å². The van der Waals surface area contributed by atoms with Crippen LogP contribution in [0, 0.1) is 5.41 Å². The Kier molecular flexibility index (Phi) is 3.38. The van der Waals surface area contributed by atoms with Gasteiger partial charge in [0.25, 0.3) is 5.91 Å². The summed E-state index contributed by atoms with van der Waals surface area (Å²) in [6, 6.07) is 0. The molecule has 0 atom stereocenters. The molecule has 1 aromatic heterocycles. The van der Waals surface area contributed by atoms with Crippen molar-refractivity contribution in [2.45, 2.75) is 33.1 Å². The van der Waals surface area contributed by atoms with Crippen molar-refractivity contribution in [2.24, 2.45) is 5.41 Å². The highest BCUT2D eigenvalue weighted by Crippen LogP contribution is 2.30. The van der Waals surface area contributed by atoms with E-state index in [-0.39, 0.29) is 5.91 Å². The van der Waals surface area contributed by atoms with Gasteiger partial charge in [0.1, 0.15) is 5.69 Å². The quantitative estimate of drug-likeness (QED) is 0.836. The predicted octanol–water partition coefficient (Wildman–Crippen LogP) is 2.38. The second-order valence-electron chi connectivity index (χ2n) is 5.38.